The van der Waals surface area contributed by atoms with E-state index >= 15 is 4.79 Å². The molecular weight excluding hydrogens is 1690 g/mol. The second-order valence-electron chi connectivity index (χ2n) is 39.4. The summed E-state index contributed by atoms with van der Waals surface area (Å²) in [6.07, 6.45) is -51.7. The number of carbonyl (C=O) groups is 5. The van der Waals surface area contributed by atoms with Gasteiger partial charge in [0, 0.05) is 12.8 Å². The van der Waals surface area contributed by atoms with Crippen molar-refractivity contribution in [2.75, 3.05) is 33.0 Å². The van der Waals surface area contributed by atoms with Crippen LogP contribution in [0.25, 0.3) is 0 Å². The first-order chi connectivity index (χ1) is 59.5. The van der Waals surface area contributed by atoms with Crippen molar-refractivity contribution in [1.82, 2.24) is 0 Å². The van der Waals surface area contributed by atoms with Crippen LogP contribution in [0.15, 0.2) is 11.6 Å². The molecule has 4 saturated carbocycles. The van der Waals surface area contributed by atoms with Gasteiger partial charge in [-0.2, -0.15) is 0 Å². The Kier molecular flexibility index (Phi) is 33.7. The van der Waals surface area contributed by atoms with Gasteiger partial charge in [-0.15, -0.1) is 0 Å². The molecule has 0 amide bonds. The highest BCUT2D eigenvalue weighted by Gasteiger charge is 2.73. The summed E-state index contributed by atoms with van der Waals surface area (Å²) >= 11 is 0. The lowest BCUT2D eigenvalue weighted by Crippen LogP contribution is -2.69. The van der Waals surface area contributed by atoms with Crippen LogP contribution < -0.4 is 0 Å². The minimum Gasteiger partial charge on any atom is -0.479 e. The number of aliphatic hydroxyl groups is 19. The van der Waals surface area contributed by atoms with Crippen molar-refractivity contribution in [3.63, 3.8) is 0 Å². The quantitative estimate of drug-likeness (QED) is 0.00755. The number of hydrogen-bond donors (Lipinski definition) is 20. The predicted octanol–water partition coefficient (Wildman–Crippen LogP) is -2.91. The number of hydrogen-bond acceptors (Lipinski definition) is 40. The van der Waals surface area contributed by atoms with Crippen LogP contribution in [0.3, 0.4) is 0 Å². The normalized spacial score (nSPS) is 46.1. The average molecular weight is 1830 g/mol. The van der Waals surface area contributed by atoms with Crippen LogP contribution in [0.2, 0.25) is 0 Å². The van der Waals surface area contributed by atoms with Crippen molar-refractivity contribution >= 4 is 30.2 Å². The molecule has 0 aromatic carbocycles. The summed E-state index contributed by atoms with van der Waals surface area (Å²) in [5.41, 5.74) is -5.24. The molecule has 41 heteroatoms. The highest BCUT2D eigenvalue weighted by molar-refractivity contribution is 5.80. The second kappa shape index (κ2) is 41.3. The second-order valence-corrected chi connectivity index (χ2v) is 39.4. The van der Waals surface area contributed by atoms with E-state index in [-0.39, 0.29) is 43.9 Å². The molecule has 0 spiro atoms. The Morgan fingerprint density at radius 2 is 1.16 bits per heavy atom. The molecule has 730 valence electrons. The lowest BCUT2D eigenvalue weighted by molar-refractivity contribution is -0.399. The molecule has 5 aliphatic carbocycles. The summed E-state index contributed by atoms with van der Waals surface area (Å²) in [5, 5.41) is 222. The van der Waals surface area contributed by atoms with Gasteiger partial charge in [0.1, 0.15) is 122 Å². The number of aliphatic carboxylic acids is 1. The van der Waals surface area contributed by atoms with Crippen molar-refractivity contribution in [3.8, 4) is 0 Å². The fraction of sp³-hybridized carbons (Fsp3) is 0.919. The fourth-order valence-corrected chi connectivity index (χ4v) is 22.2. The first-order valence-corrected chi connectivity index (χ1v) is 44.7. The molecule has 6 saturated heterocycles. The molecule has 0 bridgehead atoms. The SMILES string of the molecule is CC[C@H](C)[C@H](C[C@H](O)CC(=O)O[C@@H]1C(C)O[C@@H](OC(=O)[C@]23CCC(C)(C)CC2C2=CCC4[C@@]5(C)CC[C@H](O[C@@H]6OC(C(=O)O)[C@H](O)C(O[C@@H]7OC[C@@H](O)C(O)C7O)C6OC(O)OC(CO)[C@@H](C)O)[C@@](C)(C=O)C5CC[C@@]4(C)[C@]2(C)C[C@H]3O)C(O[C@@H]2OC(C)[C@H](O[C@H]3OCC(O)[C@H](O)C3O)C(O)C2O)C1O)OC(=O)C[C@@H](O)C[C@H](OC1(O)CO[C@@H](CO)C1O)[C@@H](C)CC. The van der Waals surface area contributed by atoms with Crippen molar-refractivity contribution < 1.29 is 202 Å². The first-order valence-electron chi connectivity index (χ1n) is 44.7. The maximum absolute atomic E-state index is 16.2. The third-order valence-corrected chi connectivity index (χ3v) is 30.6. The molecule has 127 heavy (non-hydrogen) atoms. The third-order valence-electron chi connectivity index (χ3n) is 30.6. The Morgan fingerprint density at radius 1 is 0.583 bits per heavy atom. The summed E-state index contributed by atoms with van der Waals surface area (Å²) in [5.74, 6) is -9.29. The van der Waals surface area contributed by atoms with E-state index in [1.807, 2.05) is 20.8 Å². The van der Waals surface area contributed by atoms with Crippen LogP contribution in [-0.4, -0.2) is 380 Å². The van der Waals surface area contributed by atoms with E-state index in [1.165, 1.54) is 20.8 Å². The standard InChI is InChI=1S/C86H140O41/c1-14-36(3)47(117-55(96)26-42(92)25-48(37(4)15-2)127-86(111)35-114-50(31-88)71(86)106)24-41(91)27-56(97)120-66-40(7)116-76(69(63(66)104)124-75-62(103)59(100)65(39(6)115-75)121-73-60(101)57(98)45(93)32-112-73)126-78(109)85-23-22-80(8,9)28-44(85)43-16-17-52-81(10)20-19-54(82(11,34-89)51(81)18-21-83(52,12)84(43,13)29-53(85)95)119-77-70(125-79(110)118-49(30-87)38(5)90)67(64(105)68(123-77)72(107)108)122-74-61(102)58(99)46(94)33-113-74/h16,34,36-42,44-54,57-71,73-77,79,87-88,90-95,98-106,110-111H,14-15,17-33,35H2,1-13H3,(H,107,108)/t36-,37-,38+,39?,40?,41-,42-,44?,45?,46+,47-,48-,49?,50-,51?,52?,53+,54-,57-,58?,59?,60?,61?,62?,63?,64+,65-,66+,67?,68?,69?,70?,71?,73+,74-,75-,76-,77+,79?,81-,82-,83+,84+,85+,86?/m0/s1. The zero-order valence-electron chi connectivity index (χ0n) is 74.3. The summed E-state index contributed by atoms with van der Waals surface area (Å²) in [7, 11) is 0. The highest BCUT2D eigenvalue weighted by Crippen LogP contribution is 2.76. The van der Waals surface area contributed by atoms with Crippen molar-refractivity contribution in [2.24, 2.45) is 62.1 Å². The van der Waals surface area contributed by atoms with Crippen molar-refractivity contribution in [2.45, 2.75) is 401 Å². The minimum atomic E-state index is -2.41. The summed E-state index contributed by atoms with van der Waals surface area (Å²) < 4.78 is 95.4. The predicted molar refractivity (Wildman–Crippen MR) is 427 cm³/mol. The monoisotopic (exact) mass is 1830 g/mol. The van der Waals surface area contributed by atoms with E-state index in [1.54, 1.807) is 27.7 Å². The molecule has 41 nitrogen and oxygen atoms in total. The molecule has 20 N–H and O–H groups in total. The van der Waals surface area contributed by atoms with E-state index in [0.717, 1.165) is 11.9 Å². The molecule has 10 fully saturated rings. The third kappa shape index (κ3) is 20.7. The van der Waals surface area contributed by atoms with Crippen LogP contribution >= 0.6 is 0 Å². The molecule has 0 aromatic rings. The Balaban J connectivity index is 0.834. The number of ether oxygens (including phenoxy) is 16. The van der Waals surface area contributed by atoms with E-state index in [0.29, 0.717) is 51.4 Å². The zero-order valence-corrected chi connectivity index (χ0v) is 74.3. The maximum atomic E-state index is 16.2. The van der Waals surface area contributed by atoms with E-state index in [2.05, 4.69) is 26.8 Å². The van der Waals surface area contributed by atoms with Gasteiger partial charge >= 0.3 is 23.9 Å². The molecule has 6 heterocycles. The molecule has 6 aliphatic heterocycles. The molecule has 11 rings (SSSR count). The number of carboxylic acids is 1. The smallest absolute Gasteiger partial charge is 0.335 e. The van der Waals surface area contributed by atoms with Gasteiger partial charge in [-0.3, -0.25) is 14.4 Å². The van der Waals surface area contributed by atoms with E-state index < -0.39 is 335 Å². The minimum absolute atomic E-state index is 0.0232. The number of carboxylic acid groups (broad SMARTS) is 1. The van der Waals surface area contributed by atoms with E-state index in [4.69, 9.17) is 75.8 Å². The van der Waals surface area contributed by atoms with Crippen molar-refractivity contribution in [1.29, 1.82) is 0 Å². The number of aliphatic hydroxyl groups excluding tert-OH is 18. The fourth-order valence-electron chi connectivity index (χ4n) is 22.2. The number of rotatable bonds is 35. The number of aldehydes is 1. The maximum Gasteiger partial charge on any atom is 0.335 e. The summed E-state index contributed by atoms with van der Waals surface area (Å²) in [6.45, 7) is 17.8. The van der Waals surface area contributed by atoms with Gasteiger partial charge in [-0.25, -0.2) is 4.79 Å². The van der Waals surface area contributed by atoms with Gasteiger partial charge in [0.15, 0.2) is 43.5 Å². The zero-order chi connectivity index (χ0) is 93.8. The van der Waals surface area contributed by atoms with Gasteiger partial charge in [-0.1, -0.05) is 93.7 Å². The number of allylic oxidation sites excluding steroid dienone is 2. The van der Waals surface area contributed by atoms with Crippen LogP contribution in [0.1, 0.15) is 186 Å². The summed E-state index contributed by atoms with van der Waals surface area (Å²) in [4.78, 5) is 71.5. The number of esters is 3. The average Bonchev–Trinajstić information content (AvgIpc) is 0.762. The lowest BCUT2D eigenvalue weighted by atomic mass is 9.33. The Morgan fingerprint density at radius 3 is 1.74 bits per heavy atom. The lowest BCUT2D eigenvalue weighted by Gasteiger charge is -2.71. The highest BCUT2D eigenvalue weighted by atomic mass is 16.8. The number of carbonyl (C=O) groups excluding carboxylic acids is 4. The van der Waals surface area contributed by atoms with Gasteiger partial charge in [0.05, 0.1) is 93.5 Å². The first kappa shape index (κ1) is 104. The van der Waals surface area contributed by atoms with Gasteiger partial charge in [-0.05, 0) is 130 Å². The molecule has 20 unspecified atom stereocenters. The van der Waals surface area contributed by atoms with Crippen molar-refractivity contribution in [3.05, 3.63) is 11.6 Å². The Bertz CT molecular complexity index is 3690. The van der Waals surface area contributed by atoms with Crippen LogP contribution in [0.4, 0.5) is 0 Å². The topological polar surface area (TPSA) is 638 Å². The van der Waals surface area contributed by atoms with Gasteiger partial charge < -0.3 is 183 Å². The molecule has 45 atom stereocenters. The van der Waals surface area contributed by atoms with Gasteiger partial charge in [0.2, 0.25) is 12.1 Å². The number of fused-ring (bicyclic) bond motifs is 7. The van der Waals surface area contributed by atoms with E-state index in [9.17, 15) is 121 Å². The van der Waals surface area contributed by atoms with Gasteiger partial charge in [0.25, 0.3) is 6.48 Å². The largest absolute Gasteiger partial charge is 0.479 e. The van der Waals surface area contributed by atoms with Crippen LogP contribution in [-0.2, 0) is 99.8 Å². The molecule has 11 aliphatic rings. The van der Waals surface area contributed by atoms with Crippen LogP contribution in [0, 0.1) is 62.1 Å². The molecule has 0 aromatic heterocycles. The Hall–Kier alpha value is -3.99. The molecular formula is C86H140O41. The Labute approximate surface area is 737 Å². The summed E-state index contributed by atoms with van der Waals surface area (Å²) in [6, 6.07) is 0. The van der Waals surface area contributed by atoms with Crippen LogP contribution in [0.5, 0.6) is 0 Å². The molecule has 0 radical (unpaired) electrons.